The molecule has 0 aliphatic heterocycles. The summed E-state index contributed by atoms with van der Waals surface area (Å²) in [6, 6.07) is 15.1. The lowest BCUT2D eigenvalue weighted by Crippen LogP contribution is -2.29. The van der Waals surface area contributed by atoms with E-state index in [1.54, 1.807) is 30.7 Å². The van der Waals surface area contributed by atoms with E-state index in [1.807, 2.05) is 66.3 Å². The van der Waals surface area contributed by atoms with E-state index in [0.717, 1.165) is 32.4 Å². The predicted molar refractivity (Wildman–Crippen MR) is 115 cm³/mol. The number of aromatic nitrogens is 3. The second kappa shape index (κ2) is 8.28. The van der Waals surface area contributed by atoms with Crippen molar-refractivity contribution in [2.45, 2.75) is 6.04 Å². The topological polar surface area (TPSA) is 69.0 Å². The Labute approximate surface area is 172 Å². The quantitative estimate of drug-likeness (QED) is 0.494. The Morgan fingerprint density at radius 1 is 1.24 bits per heavy atom. The Morgan fingerprint density at radius 2 is 2.10 bits per heavy atom. The number of carbonyl (C=O) groups excluding carboxylic acids is 1. The lowest BCUT2D eigenvalue weighted by Gasteiger charge is -2.19. The van der Waals surface area contributed by atoms with Gasteiger partial charge in [-0.1, -0.05) is 24.3 Å². The number of thiazole rings is 1. The number of benzene rings is 2. The van der Waals surface area contributed by atoms with Crippen molar-refractivity contribution >= 4 is 33.5 Å². The first-order valence-electron chi connectivity index (χ1n) is 9.09. The maximum atomic E-state index is 12.7. The summed E-state index contributed by atoms with van der Waals surface area (Å²) in [6.45, 7) is 0. The molecule has 1 unspecified atom stereocenters. The van der Waals surface area contributed by atoms with E-state index in [2.05, 4.69) is 15.3 Å². The Morgan fingerprint density at radius 3 is 2.86 bits per heavy atom. The number of fused-ring (bicyclic) bond motifs is 1. The molecule has 7 heteroatoms. The summed E-state index contributed by atoms with van der Waals surface area (Å²) < 4.78 is 8.31. The molecule has 0 saturated heterocycles. The molecule has 0 radical (unpaired) electrons. The Kier molecular flexibility index (Phi) is 5.39. The van der Waals surface area contributed by atoms with Crippen LogP contribution in [0, 0.1) is 0 Å². The van der Waals surface area contributed by atoms with E-state index < -0.39 is 6.04 Å². The lowest BCUT2D eigenvalue weighted by atomic mass is 10.1. The number of para-hydroxylation sites is 1. The van der Waals surface area contributed by atoms with Crippen molar-refractivity contribution in [2.75, 3.05) is 7.11 Å². The van der Waals surface area contributed by atoms with Crippen LogP contribution in [0.2, 0.25) is 0 Å². The van der Waals surface area contributed by atoms with Crippen LogP contribution in [0.5, 0.6) is 5.75 Å². The zero-order valence-electron chi connectivity index (χ0n) is 16.1. The second-order valence-corrected chi connectivity index (χ2v) is 7.53. The molecule has 6 nitrogen and oxygen atoms in total. The highest BCUT2D eigenvalue weighted by molar-refractivity contribution is 7.19. The average Bonchev–Trinajstić information content (AvgIpc) is 3.36. The summed E-state index contributed by atoms with van der Waals surface area (Å²) in [5.41, 5.74) is 1.82. The molecular formula is C22H20N4O2S. The molecule has 146 valence electrons. The fraction of sp³-hybridized carbons (Fsp3) is 0.136. The third-order valence-corrected chi connectivity index (χ3v) is 5.52. The molecule has 4 rings (SSSR count). The Balaban J connectivity index is 1.58. The molecule has 0 aliphatic rings. The van der Waals surface area contributed by atoms with Gasteiger partial charge in [0.1, 0.15) is 22.6 Å². The van der Waals surface area contributed by atoms with Crippen molar-refractivity contribution in [1.29, 1.82) is 0 Å². The average molecular weight is 404 g/mol. The molecule has 2 aromatic carbocycles. The summed E-state index contributed by atoms with van der Waals surface area (Å²) in [7, 11) is 3.52. The first kappa shape index (κ1) is 18.9. The van der Waals surface area contributed by atoms with Gasteiger partial charge >= 0.3 is 0 Å². The van der Waals surface area contributed by atoms with Crippen molar-refractivity contribution < 1.29 is 9.53 Å². The van der Waals surface area contributed by atoms with Crippen molar-refractivity contribution in [3.05, 3.63) is 83.4 Å². The minimum atomic E-state index is -0.405. The number of amides is 1. The van der Waals surface area contributed by atoms with Gasteiger partial charge in [-0.15, -0.1) is 11.3 Å². The van der Waals surface area contributed by atoms with Crippen LogP contribution in [0.1, 0.15) is 22.4 Å². The van der Waals surface area contributed by atoms with Gasteiger partial charge in [-0.25, -0.2) is 9.97 Å². The SMILES string of the molecule is COc1cccc(C(NC(=O)/C=C/c2nc3ccccc3s2)c2nccn2C)c1. The van der Waals surface area contributed by atoms with Crippen molar-refractivity contribution in [3.63, 3.8) is 0 Å². The largest absolute Gasteiger partial charge is 0.497 e. The number of carbonyl (C=O) groups is 1. The van der Waals surface area contributed by atoms with Gasteiger partial charge in [0.2, 0.25) is 5.91 Å². The monoisotopic (exact) mass is 404 g/mol. The summed E-state index contributed by atoms with van der Waals surface area (Å²) in [6.07, 6.45) is 6.81. The zero-order valence-corrected chi connectivity index (χ0v) is 16.9. The van der Waals surface area contributed by atoms with Gasteiger partial charge in [-0.3, -0.25) is 4.79 Å². The standard InChI is InChI=1S/C22H20N4O2S/c1-26-13-12-23-22(26)21(15-6-5-7-16(14-15)28-2)25-19(27)10-11-20-24-17-8-3-4-9-18(17)29-20/h3-14,21H,1-2H3,(H,25,27)/b11-10+. The number of ether oxygens (including phenoxy) is 1. The van der Waals surface area contributed by atoms with Gasteiger partial charge in [0.15, 0.2) is 0 Å². The summed E-state index contributed by atoms with van der Waals surface area (Å²) in [5.74, 6) is 1.24. The van der Waals surface area contributed by atoms with Crippen LogP contribution in [-0.4, -0.2) is 27.6 Å². The van der Waals surface area contributed by atoms with Crippen molar-refractivity contribution in [1.82, 2.24) is 19.9 Å². The number of rotatable bonds is 6. The predicted octanol–water partition coefficient (Wildman–Crippen LogP) is 3.96. The third-order valence-electron chi connectivity index (χ3n) is 4.52. The van der Waals surface area contributed by atoms with Gasteiger partial charge in [0, 0.05) is 25.5 Å². The molecular weight excluding hydrogens is 384 g/mol. The van der Waals surface area contributed by atoms with E-state index >= 15 is 0 Å². The number of hydrogen-bond donors (Lipinski definition) is 1. The van der Waals surface area contributed by atoms with Crippen LogP contribution in [0.15, 0.2) is 67.0 Å². The van der Waals surface area contributed by atoms with Crippen LogP contribution in [0.4, 0.5) is 0 Å². The number of imidazole rings is 1. The molecule has 2 aromatic heterocycles. The highest BCUT2D eigenvalue weighted by Crippen LogP contribution is 2.25. The van der Waals surface area contributed by atoms with Crippen LogP contribution in [0.3, 0.4) is 0 Å². The minimum Gasteiger partial charge on any atom is -0.497 e. The first-order chi connectivity index (χ1) is 14.1. The van der Waals surface area contributed by atoms with Crippen molar-refractivity contribution in [2.24, 2.45) is 7.05 Å². The maximum Gasteiger partial charge on any atom is 0.244 e. The fourth-order valence-electron chi connectivity index (χ4n) is 3.07. The van der Waals surface area contributed by atoms with Gasteiger partial charge in [-0.2, -0.15) is 0 Å². The summed E-state index contributed by atoms with van der Waals surface area (Å²) >= 11 is 1.55. The van der Waals surface area contributed by atoms with E-state index in [-0.39, 0.29) is 5.91 Å². The van der Waals surface area contributed by atoms with E-state index in [0.29, 0.717) is 0 Å². The highest BCUT2D eigenvalue weighted by atomic mass is 32.1. The normalized spacial score (nSPS) is 12.3. The molecule has 2 heterocycles. The molecule has 1 N–H and O–H groups in total. The smallest absolute Gasteiger partial charge is 0.244 e. The van der Waals surface area contributed by atoms with Gasteiger partial charge in [0.05, 0.1) is 17.3 Å². The fourth-order valence-corrected chi connectivity index (χ4v) is 3.94. The number of nitrogens with one attached hydrogen (secondary N) is 1. The molecule has 0 aliphatic carbocycles. The Hall–Kier alpha value is -3.45. The van der Waals surface area contributed by atoms with Crippen LogP contribution >= 0.6 is 11.3 Å². The van der Waals surface area contributed by atoms with E-state index in [4.69, 9.17) is 4.74 Å². The molecule has 0 spiro atoms. The summed E-state index contributed by atoms with van der Waals surface area (Å²) in [4.78, 5) is 21.6. The number of aryl methyl sites for hydroxylation is 1. The lowest BCUT2D eigenvalue weighted by molar-refractivity contribution is -0.117. The van der Waals surface area contributed by atoms with Crippen molar-refractivity contribution in [3.8, 4) is 5.75 Å². The van der Waals surface area contributed by atoms with Crippen LogP contribution < -0.4 is 10.1 Å². The van der Waals surface area contributed by atoms with Gasteiger partial charge in [0.25, 0.3) is 0 Å². The zero-order chi connectivity index (χ0) is 20.2. The highest BCUT2D eigenvalue weighted by Gasteiger charge is 2.20. The van der Waals surface area contributed by atoms with Crippen LogP contribution in [0.25, 0.3) is 16.3 Å². The second-order valence-electron chi connectivity index (χ2n) is 6.47. The van der Waals surface area contributed by atoms with E-state index in [9.17, 15) is 4.79 Å². The molecule has 4 aromatic rings. The Bertz CT molecular complexity index is 1150. The van der Waals surface area contributed by atoms with Crippen LogP contribution in [-0.2, 0) is 11.8 Å². The molecule has 1 amide bonds. The first-order valence-corrected chi connectivity index (χ1v) is 9.91. The molecule has 1 atom stereocenters. The molecule has 0 bridgehead atoms. The maximum absolute atomic E-state index is 12.7. The molecule has 0 fully saturated rings. The van der Waals surface area contributed by atoms with Gasteiger partial charge < -0.3 is 14.6 Å². The van der Waals surface area contributed by atoms with E-state index in [1.165, 1.54) is 6.08 Å². The molecule has 0 saturated carbocycles. The number of methoxy groups -OCH3 is 1. The minimum absolute atomic E-state index is 0.222. The number of nitrogens with zero attached hydrogens (tertiary/aromatic N) is 3. The number of hydrogen-bond acceptors (Lipinski definition) is 5. The molecule has 29 heavy (non-hydrogen) atoms. The van der Waals surface area contributed by atoms with Gasteiger partial charge in [-0.05, 0) is 35.9 Å². The summed E-state index contributed by atoms with van der Waals surface area (Å²) in [5, 5.41) is 3.83. The third kappa shape index (κ3) is 4.20.